The van der Waals surface area contributed by atoms with Crippen molar-refractivity contribution in [3.05, 3.63) is 0 Å². The van der Waals surface area contributed by atoms with Gasteiger partial charge in [-0.05, 0) is 18.8 Å². The van der Waals surface area contributed by atoms with Crippen LogP contribution in [0, 0.1) is 5.92 Å². The standard InChI is InChI=1S/C20H36O3/c1-22-19(21)20(17-23-20)16-12-11-15-18-13-9-7-5-3-2-4-6-8-10-14-18/h18H,2-17H2,1H3. The van der Waals surface area contributed by atoms with Crippen LogP contribution < -0.4 is 0 Å². The van der Waals surface area contributed by atoms with E-state index in [-0.39, 0.29) is 5.97 Å². The van der Waals surface area contributed by atoms with Gasteiger partial charge in [0.2, 0.25) is 0 Å². The highest BCUT2D eigenvalue weighted by Gasteiger charge is 2.52. The number of rotatable bonds is 6. The Balaban J connectivity index is 1.62. The zero-order valence-electron chi connectivity index (χ0n) is 15.1. The molecule has 1 aliphatic heterocycles. The molecule has 0 radical (unpaired) electrons. The molecule has 0 spiro atoms. The Morgan fingerprint density at radius 3 is 1.96 bits per heavy atom. The van der Waals surface area contributed by atoms with Crippen LogP contribution in [0.25, 0.3) is 0 Å². The molecule has 2 rings (SSSR count). The summed E-state index contributed by atoms with van der Waals surface area (Å²) in [4.78, 5) is 11.7. The summed E-state index contributed by atoms with van der Waals surface area (Å²) in [5.74, 6) is 0.729. The fourth-order valence-electron chi connectivity index (χ4n) is 4.02. The molecule has 1 saturated heterocycles. The number of hydrogen-bond acceptors (Lipinski definition) is 3. The van der Waals surface area contributed by atoms with Gasteiger partial charge in [0.15, 0.2) is 5.60 Å². The molecule has 1 heterocycles. The predicted molar refractivity (Wildman–Crippen MR) is 93.4 cm³/mol. The van der Waals surface area contributed by atoms with Crippen LogP contribution in [0.15, 0.2) is 0 Å². The van der Waals surface area contributed by atoms with E-state index in [1.807, 2.05) is 0 Å². The highest BCUT2D eigenvalue weighted by atomic mass is 16.6. The van der Waals surface area contributed by atoms with Crippen molar-refractivity contribution in [2.24, 2.45) is 5.92 Å². The van der Waals surface area contributed by atoms with Crippen molar-refractivity contribution in [3.63, 3.8) is 0 Å². The lowest BCUT2D eigenvalue weighted by molar-refractivity contribution is -0.147. The molecule has 0 amide bonds. The Bertz CT molecular complexity index is 324. The van der Waals surface area contributed by atoms with Crippen molar-refractivity contribution in [1.82, 2.24) is 0 Å². The lowest BCUT2D eigenvalue weighted by Gasteiger charge is -2.18. The van der Waals surface area contributed by atoms with Gasteiger partial charge in [0, 0.05) is 0 Å². The molecule has 23 heavy (non-hydrogen) atoms. The highest BCUT2D eigenvalue weighted by Crippen LogP contribution is 2.35. The van der Waals surface area contributed by atoms with Gasteiger partial charge in [-0.25, -0.2) is 4.79 Å². The molecular formula is C20H36O3. The highest BCUT2D eigenvalue weighted by molar-refractivity contribution is 5.82. The van der Waals surface area contributed by atoms with Gasteiger partial charge in [0.05, 0.1) is 13.7 Å². The van der Waals surface area contributed by atoms with Gasteiger partial charge in [-0.2, -0.15) is 0 Å². The monoisotopic (exact) mass is 324 g/mol. The topological polar surface area (TPSA) is 38.8 Å². The average molecular weight is 325 g/mol. The van der Waals surface area contributed by atoms with Crippen molar-refractivity contribution in [3.8, 4) is 0 Å². The summed E-state index contributed by atoms with van der Waals surface area (Å²) in [6, 6.07) is 0. The molecule has 134 valence electrons. The fourth-order valence-corrected chi connectivity index (χ4v) is 4.02. The largest absolute Gasteiger partial charge is 0.467 e. The normalized spacial score (nSPS) is 27.7. The second kappa shape index (κ2) is 10.3. The minimum Gasteiger partial charge on any atom is -0.467 e. The van der Waals surface area contributed by atoms with E-state index in [1.165, 1.54) is 90.6 Å². The molecule has 0 N–H and O–H groups in total. The number of carbonyl (C=O) groups is 1. The Kier molecular flexibility index (Phi) is 8.43. The quantitative estimate of drug-likeness (QED) is 0.372. The Labute approximate surface area is 142 Å². The van der Waals surface area contributed by atoms with Crippen LogP contribution >= 0.6 is 0 Å². The SMILES string of the molecule is COC(=O)C1(CCCCC2CCCCCCCCCCC2)CO1. The second-order valence-corrected chi connectivity index (χ2v) is 7.65. The van der Waals surface area contributed by atoms with Gasteiger partial charge in [0.25, 0.3) is 0 Å². The summed E-state index contributed by atoms with van der Waals surface area (Å²) in [7, 11) is 1.45. The van der Waals surface area contributed by atoms with Gasteiger partial charge in [-0.1, -0.05) is 83.5 Å². The summed E-state index contributed by atoms with van der Waals surface area (Å²) in [5.41, 5.74) is -0.568. The van der Waals surface area contributed by atoms with Crippen LogP contribution in [-0.2, 0) is 14.3 Å². The van der Waals surface area contributed by atoms with Gasteiger partial charge in [0.1, 0.15) is 0 Å². The second-order valence-electron chi connectivity index (χ2n) is 7.65. The van der Waals surface area contributed by atoms with Crippen molar-refractivity contribution >= 4 is 5.97 Å². The molecular weight excluding hydrogens is 288 g/mol. The van der Waals surface area contributed by atoms with Crippen LogP contribution in [0.3, 0.4) is 0 Å². The Morgan fingerprint density at radius 1 is 0.957 bits per heavy atom. The first-order valence-electron chi connectivity index (χ1n) is 9.99. The number of ether oxygens (including phenoxy) is 2. The van der Waals surface area contributed by atoms with Crippen LogP contribution in [0.2, 0.25) is 0 Å². The summed E-state index contributed by atoms with van der Waals surface area (Å²) >= 11 is 0. The third-order valence-corrected chi connectivity index (χ3v) is 5.72. The molecule has 1 aliphatic carbocycles. The molecule has 3 heteroatoms. The van der Waals surface area contributed by atoms with Crippen molar-refractivity contribution in [2.75, 3.05) is 13.7 Å². The molecule has 2 fully saturated rings. The molecule has 1 unspecified atom stereocenters. The first-order chi connectivity index (χ1) is 11.3. The maximum Gasteiger partial charge on any atom is 0.340 e. The Morgan fingerprint density at radius 2 is 1.48 bits per heavy atom. The lowest BCUT2D eigenvalue weighted by Crippen LogP contribution is -2.25. The summed E-state index contributed by atoms with van der Waals surface area (Å²) in [6.45, 7) is 0.559. The maximum atomic E-state index is 11.7. The van der Waals surface area contributed by atoms with Crippen molar-refractivity contribution < 1.29 is 14.3 Å². The molecule has 0 aromatic carbocycles. The number of unbranched alkanes of at least 4 members (excludes halogenated alkanes) is 1. The zero-order valence-corrected chi connectivity index (χ0v) is 15.1. The minimum absolute atomic E-state index is 0.177. The summed E-state index contributed by atoms with van der Waals surface area (Å²) in [6.07, 6.45) is 20.2. The molecule has 2 aliphatic rings. The minimum atomic E-state index is -0.568. The van der Waals surface area contributed by atoms with Crippen LogP contribution in [0.5, 0.6) is 0 Å². The lowest BCUT2D eigenvalue weighted by atomic mass is 9.88. The van der Waals surface area contributed by atoms with Crippen LogP contribution in [-0.4, -0.2) is 25.3 Å². The molecule has 0 aromatic rings. The van der Waals surface area contributed by atoms with E-state index in [0.29, 0.717) is 6.61 Å². The van der Waals surface area contributed by atoms with E-state index in [1.54, 1.807) is 0 Å². The smallest absolute Gasteiger partial charge is 0.340 e. The van der Waals surface area contributed by atoms with E-state index in [2.05, 4.69) is 0 Å². The molecule has 0 aromatic heterocycles. The number of epoxide rings is 1. The van der Waals surface area contributed by atoms with Gasteiger partial charge in [-0.15, -0.1) is 0 Å². The van der Waals surface area contributed by atoms with E-state index in [9.17, 15) is 4.79 Å². The number of methoxy groups -OCH3 is 1. The molecule has 1 saturated carbocycles. The summed E-state index contributed by atoms with van der Waals surface area (Å²) in [5, 5.41) is 0. The van der Waals surface area contributed by atoms with E-state index in [4.69, 9.17) is 9.47 Å². The van der Waals surface area contributed by atoms with Gasteiger partial charge >= 0.3 is 5.97 Å². The third kappa shape index (κ3) is 6.82. The van der Waals surface area contributed by atoms with Crippen molar-refractivity contribution in [2.45, 2.75) is 102 Å². The van der Waals surface area contributed by atoms with E-state index < -0.39 is 5.60 Å². The molecule has 1 atom stereocenters. The molecule has 3 nitrogen and oxygen atoms in total. The molecule has 0 bridgehead atoms. The maximum absolute atomic E-state index is 11.7. The van der Waals surface area contributed by atoms with E-state index >= 15 is 0 Å². The van der Waals surface area contributed by atoms with Crippen LogP contribution in [0.1, 0.15) is 96.3 Å². The van der Waals surface area contributed by atoms with E-state index in [0.717, 1.165) is 18.8 Å². The predicted octanol–water partition coefficient (Wildman–Crippen LogP) is 5.41. The summed E-state index contributed by atoms with van der Waals surface area (Å²) < 4.78 is 10.2. The number of carbonyl (C=O) groups excluding carboxylic acids is 1. The van der Waals surface area contributed by atoms with Gasteiger partial charge < -0.3 is 9.47 Å². The average Bonchev–Trinajstić information content (AvgIpc) is 3.34. The number of esters is 1. The zero-order chi connectivity index (χ0) is 16.4. The first kappa shape index (κ1) is 18.8. The van der Waals surface area contributed by atoms with Gasteiger partial charge in [-0.3, -0.25) is 0 Å². The third-order valence-electron chi connectivity index (χ3n) is 5.72. The van der Waals surface area contributed by atoms with Crippen LogP contribution in [0.4, 0.5) is 0 Å². The fraction of sp³-hybridized carbons (Fsp3) is 0.950. The van der Waals surface area contributed by atoms with Crippen molar-refractivity contribution in [1.29, 1.82) is 0 Å². The first-order valence-corrected chi connectivity index (χ1v) is 9.99. The Hall–Kier alpha value is -0.570. The number of hydrogen-bond donors (Lipinski definition) is 0.